The number of carbonyl (C=O) groups excluding carboxylic acids is 2. The van der Waals surface area contributed by atoms with Gasteiger partial charge in [0.2, 0.25) is 11.8 Å². The van der Waals surface area contributed by atoms with Crippen molar-refractivity contribution < 1.29 is 19.4 Å². The van der Waals surface area contributed by atoms with E-state index in [1.54, 1.807) is 11.8 Å². The maximum absolute atomic E-state index is 12.9. The number of benzene rings is 1. The van der Waals surface area contributed by atoms with Crippen LogP contribution in [0.4, 0.5) is 0 Å². The maximum atomic E-state index is 12.9. The standard InChI is InChI=1S/C19H22N2O4/c1-9(17(23)20-8-10-5-3-2-4-6-10)21-18(24)13-11-7-12-14(13)19(21)25-16(12)15(11)22/h2-6,9,11-16,19,22H,7-8H2,1H3,(H,20,23). The molecule has 2 bridgehead atoms. The second-order valence-electron chi connectivity index (χ2n) is 7.77. The van der Waals surface area contributed by atoms with Gasteiger partial charge in [0.05, 0.1) is 18.1 Å². The fourth-order valence-corrected chi connectivity index (χ4v) is 5.56. The van der Waals surface area contributed by atoms with Crippen molar-refractivity contribution in [1.29, 1.82) is 0 Å². The molecule has 0 aromatic heterocycles. The molecule has 1 aromatic carbocycles. The molecule has 6 nitrogen and oxygen atoms in total. The van der Waals surface area contributed by atoms with Gasteiger partial charge in [-0.15, -0.1) is 0 Å². The molecule has 2 N–H and O–H groups in total. The number of carbonyl (C=O) groups is 2. The van der Waals surface area contributed by atoms with Crippen molar-refractivity contribution in [2.75, 3.05) is 0 Å². The van der Waals surface area contributed by atoms with Crippen LogP contribution < -0.4 is 5.32 Å². The van der Waals surface area contributed by atoms with E-state index in [-0.39, 0.29) is 47.8 Å². The molecule has 4 fully saturated rings. The van der Waals surface area contributed by atoms with Gasteiger partial charge in [-0.25, -0.2) is 0 Å². The van der Waals surface area contributed by atoms with Crippen LogP contribution in [-0.2, 0) is 20.9 Å². The van der Waals surface area contributed by atoms with Crippen LogP contribution in [0.5, 0.6) is 0 Å². The Morgan fingerprint density at radius 3 is 2.88 bits per heavy atom. The highest BCUT2D eigenvalue weighted by Crippen LogP contribution is 2.63. The summed E-state index contributed by atoms with van der Waals surface area (Å²) in [6.07, 6.45) is -0.158. The highest BCUT2D eigenvalue weighted by atomic mass is 16.5. The molecule has 5 rings (SSSR count). The van der Waals surface area contributed by atoms with Crippen molar-refractivity contribution in [3.05, 3.63) is 35.9 Å². The molecule has 2 aliphatic heterocycles. The summed E-state index contributed by atoms with van der Waals surface area (Å²) in [7, 11) is 0. The van der Waals surface area contributed by atoms with Gasteiger partial charge in [0.25, 0.3) is 0 Å². The third-order valence-electron chi connectivity index (χ3n) is 6.66. The molecule has 2 aliphatic carbocycles. The first-order valence-corrected chi connectivity index (χ1v) is 9.05. The van der Waals surface area contributed by atoms with Crippen LogP contribution in [0.15, 0.2) is 30.3 Å². The summed E-state index contributed by atoms with van der Waals surface area (Å²) >= 11 is 0. The van der Waals surface area contributed by atoms with Crippen molar-refractivity contribution in [3.8, 4) is 0 Å². The van der Waals surface area contributed by atoms with E-state index in [1.807, 2.05) is 30.3 Å². The van der Waals surface area contributed by atoms with Gasteiger partial charge in [0, 0.05) is 12.5 Å². The van der Waals surface area contributed by atoms with Gasteiger partial charge < -0.3 is 20.1 Å². The molecule has 6 heteroatoms. The van der Waals surface area contributed by atoms with E-state index < -0.39 is 12.1 Å². The lowest BCUT2D eigenvalue weighted by molar-refractivity contribution is -0.159. The fraction of sp³-hybridized carbons (Fsp3) is 0.579. The SMILES string of the molecule is CC(C(=O)NCc1ccccc1)N1C(=O)C2C3CC4C(OC1C42)C3O. The molecular weight excluding hydrogens is 320 g/mol. The quantitative estimate of drug-likeness (QED) is 0.835. The predicted molar refractivity (Wildman–Crippen MR) is 87.8 cm³/mol. The van der Waals surface area contributed by atoms with Gasteiger partial charge >= 0.3 is 0 Å². The fourth-order valence-electron chi connectivity index (χ4n) is 5.56. The van der Waals surface area contributed by atoms with Crippen LogP contribution in [0.3, 0.4) is 0 Å². The van der Waals surface area contributed by atoms with Crippen LogP contribution in [0.1, 0.15) is 18.9 Å². The lowest BCUT2D eigenvalue weighted by atomic mass is 9.80. The lowest BCUT2D eigenvalue weighted by Crippen LogP contribution is -2.52. The summed E-state index contributed by atoms with van der Waals surface area (Å²) in [6, 6.07) is 9.14. The lowest BCUT2D eigenvalue weighted by Gasteiger charge is -2.33. The smallest absolute Gasteiger partial charge is 0.242 e. The summed E-state index contributed by atoms with van der Waals surface area (Å²) in [4.78, 5) is 27.1. The summed E-state index contributed by atoms with van der Waals surface area (Å²) < 4.78 is 6.03. The number of aliphatic hydroxyl groups excluding tert-OH is 1. The summed E-state index contributed by atoms with van der Waals surface area (Å²) in [5.74, 6) is 0.0505. The normalized spacial score (nSPS) is 41.4. The van der Waals surface area contributed by atoms with E-state index in [9.17, 15) is 14.7 Å². The average molecular weight is 342 g/mol. The third kappa shape index (κ3) is 1.98. The monoisotopic (exact) mass is 342 g/mol. The molecule has 1 aromatic rings. The molecular formula is C19H22N2O4. The van der Waals surface area contributed by atoms with E-state index in [0.717, 1.165) is 12.0 Å². The Hall–Kier alpha value is -1.92. The van der Waals surface area contributed by atoms with Crippen LogP contribution in [-0.4, -0.2) is 46.3 Å². The van der Waals surface area contributed by atoms with Gasteiger partial charge in [0.15, 0.2) is 0 Å². The zero-order chi connectivity index (χ0) is 17.3. The number of ether oxygens (including phenoxy) is 1. The van der Waals surface area contributed by atoms with Crippen molar-refractivity contribution in [2.24, 2.45) is 23.7 Å². The Labute approximate surface area is 146 Å². The molecule has 0 radical (unpaired) electrons. The first kappa shape index (κ1) is 15.3. The molecule has 8 atom stereocenters. The first-order chi connectivity index (χ1) is 12.1. The van der Waals surface area contributed by atoms with Gasteiger partial charge in [-0.3, -0.25) is 9.59 Å². The van der Waals surface area contributed by atoms with Crippen LogP contribution >= 0.6 is 0 Å². The summed E-state index contributed by atoms with van der Waals surface area (Å²) in [5.41, 5.74) is 1.02. The Morgan fingerprint density at radius 1 is 1.36 bits per heavy atom. The topological polar surface area (TPSA) is 78.9 Å². The Bertz CT molecular complexity index is 723. The van der Waals surface area contributed by atoms with Crippen LogP contribution in [0.25, 0.3) is 0 Å². The number of hydrogen-bond donors (Lipinski definition) is 2. The van der Waals surface area contributed by atoms with Crippen LogP contribution in [0, 0.1) is 23.7 Å². The highest BCUT2D eigenvalue weighted by Gasteiger charge is 2.73. The second kappa shape index (κ2) is 5.29. The van der Waals surface area contributed by atoms with Gasteiger partial charge in [-0.1, -0.05) is 30.3 Å². The highest BCUT2D eigenvalue weighted by molar-refractivity contribution is 5.90. The van der Waals surface area contributed by atoms with E-state index in [2.05, 4.69) is 5.32 Å². The van der Waals surface area contributed by atoms with E-state index in [4.69, 9.17) is 4.74 Å². The zero-order valence-corrected chi connectivity index (χ0v) is 14.0. The van der Waals surface area contributed by atoms with Crippen molar-refractivity contribution in [2.45, 2.75) is 44.4 Å². The second-order valence-corrected chi connectivity index (χ2v) is 7.77. The molecule has 2 saturated heterocycles. The van der Waals surface area contributed by atoms with Gasteiger partial charge in [-0.2, -0.15) is 0 Å². The Balaban J connectivity index is 1.31. The number of amides is 2. The van der Waals surface area contributed by atoms with Gasteiger partial charge in [0.1, 0.15) is 12.3 Å². The molecule has 2 amide bonds. The number of likely N-dealkylation sites (tertiary alicyclic amines) is 1. The molecule has 0 spiro atoms. The number of nitrogens with zero attached hydrogens (tertiary/aromatic N) is 1. The van der Waals surface area contributed by atoms with E-state index in [1.165, 1.54) is 0 Å². The Kier molecular flexibility index (Phi) is 3.24. The third-order valence-corrected chi connectivity index (χ3v) is 6.66. The Morgan fingerprint density at radius 2 is 2.12 bits per heavy atom. The zero-order valence-electron chi connectivity index (χ0n) is 14.0. The molecule has 4 aliphatic rings. The average Bonchev–Trinajstić information content (AvgIpc) is 3.30. The number of fused-ring (bicyclic) bond motifs is 2. The number of nitrogens with one attached hydrogen (secondary N) is 1. The summed E-state index contributed by atoms with van der Waals surface area (Å²) in [5, 5.41) is 13.2. The van der Waals surface area contributed by atoms with Crippen molar-refractivity contribution in [1.82, 2.24) is 10.2 Å². The van der Waals surface area contributed by atoms with Crippen molar-refractivity contribution >= 4 is 11.8 Å². The predicted octanol–water partition coefficient (Wildman–Crippen LogP) is 0.501. The summed E-state index contributed by atoms with van der Waals surface area (Å²) in [6.45, 7) is 2.20. The molecule has 2 saturated carbocycles. The first-order valence-electron chi connectivity index (χ1n) is 9.05. The number of hydrogen-bond acceptors (Lipinski definition) is 4. The maximum Gasteiger partial charge on any atom is 0.242 e. The largest absolute Gasteiger partial charge is 0.390 e. The van der Waals surface area contributed by atoms with E-state index in [0.29, 0.717) is 6.54 Å². The number of rotatable bonds is 4. The number of aliphatic hydroxyl groups is 1. The van der Waals surface area contributed by atoms with Crippen molar-refractivity contribution in [3.63, 3.8) is 0 Å². The van der Waals surface area contributed by atoms with Gasteiger partial charge in [-0.05, 0) is 30.7 Å². The molecule has 8 unspecified atom stereocenters. The van der Waals surface area contributed by atoms with Crippen LogP contribution in [0.2, 0.25) is 0 Å². The minimum absolute atomic E-state index is 0.00193. The minimum Gasteiger partial charge on any atom is -0.390 e. The van der Waals surface area contributed by atoms with E-state index >= 15 is 0 Å². The molecule has 2 heterocycles. The molecule has 25 heavy (non-hydrogen) atoms. The minimum atomic E-state index is -0.567. The molecule has 132 valence electrons.